The molecule has 0 spiro atoms. The summed E-state index contributed by atoms with van der Waals surface area (Å²) in [7, 11) is 0. The summed E-state index contributed by atoms with van der Waals surface area (Å²) in [6.45, 7) is 3.91. The summed E-state index contributed by atoms with van der Waals surface area (Å²) in [5.41, 5.74) is 0.816. The summed E-state index contributed by atoms with van der Waals surface area (Å²) in [4.78, 5) is 11.7. The van der Waals surface area contributed by atoms with Crippen LogP contribution in [0.15, 0.2) is 30.3 Å². The highest BCUT2D eigenvalue weighted by Gasteiger charge is 2.16. The fourth-order valence-electron chi connectivity index (χ4n) is 1.39. The third-order valence-electron chi connectivity index (χ3n) is 2.29. The van der Waals surface area contributed by atoms with E-state index in [4.69, 9.17) is 16.3 Å². The van der Waals surface area contributed by atoms with Crippen molar-refractivity contribution >= 4 is 17.5 Å². The topological polar surface area (TPSA) is 38.3 Å². The molecule has 1 rings (SSSR count). The maximum absolute atomic E-state index is 11.7. The molecule has 0 aliphatic heterocycles. The number of halogens is 1. The van der Waals surface area contributed by atoms with Crippen LogP contribution in [0.4, 0.5) is 0 Å². The molecule has 1 unspecified atom stereocenters. The summed E-state index contributed by atoms with van der Waals surface area (Å²) < 4.78 is 5.18. The zero-order chi connectivity index (χ0) is 12.5. The van der Waals surface area contributed by atoms with Gasteiger partial charge in [0, 0.05) is 19.8 Å². The Balaban J connectivity index is 2.28. The van der Waals surface area contributed by atoms with Crippen molar-refractivity contribution in [3.05, 3.63) is 35.9 Å². The summed E-state index contributed by atoms with van der Waals surface area (Å²) in [5, 5.41) is 2.17. The van der Waals surface area contributed by atoms with Gasteiger partial charge in [-0.05, 0) is 18.9 Å². The van der Waals surface area contributed by atoms with Gasteiger partial charge in [0.05, 0.1) is 0 Å². The number of nitrogens with one attached hydrogen (secondary N) is 1. The van der Waals surface area contributed by atoms with Crippen molar-refractivity contribution in [2.75, 3.05) is 19.8 Å². The van der Waals surface area contributed by atoms with Crippen molar-refractivity contribution in [1.82, 2.24) is 5.32 Å². The fraction of sp³-hybridized carbons (Fsp3) is 0.462. The Bertz CT molecular complexity index is 329. The molecule has 1 aromatic rings. The predicted molar refractivity (Wildman–Crippen MR) is 69.2 cm³/mol. The molecular weight excluding hydrogens is 238 g/mol. The van der Waals surface area contributed by atoms with Crippen LogP contribution in [0.2, 0.25) is 0 Å². The summed E-state index contributed by atoms with van der Waals surface area (Å²) >= 11 is 6.05. The largest absolute Gasteiger partial charge is 0.382 e. The van der Waals surface area contributed by atoms with Gasteiger partial charge in [-0.3, -0.25) is 4.79 Å². The highest BCUT2D eigenvalue weighted by molar-refractivity contribution is 6.30. The SMILES string of the molecule is CCOCCCNC(=O)C(Cl)c1ccccc1. The lowest BCUT2D eigenvalue weighted by atomic mass is 10.1. The van der Waals surface area contributed by atoms with Gasteiger partial charge in [-0.25, -0.2) is 0 Å². The first kappa shape index (κ1) is 14.0. The van der Waals surface area contributed by atoms with Crippen molar-refractivity contribution in [2.45, 2.75) is 18.7 Å². The van der Waals surface area contributed by atoms with Crippen LogP contribution in [0.3, 0.4) is 0 Å². The molecule has 1 amide bonds. The lowest BCUT2D eigenvalue weighted by Crippen LogP contribution is -2.28. The maximum atomic E-state index is 11.7. The minimum absolute atomic E-state index is 0.158. The van der Waals surface area contributed by atoms with E-state index < -0.39 is 5.38 Å². The number of carbonyl (C=O) groups excluding carboxylic acids is 1. The van der Waals surface area contributed by atoms with Gasteiger partial charge < -0.3 is 10.1 Å². The first-order valence-corrected chi connectivity index (χ1v) is 6.23. The molecule has 3 nitrogen and oxygen atoms in total. The van der Waals surface area contributed by atoms with Crippen LogP contribution in [0, 0.1) is 0 Å². The van der Waals surface area contributed by atoms with E-state index in [2.05, 4.69) is 5.32 Å². The lowest BCUT2D eigenvalue weighted by Gasteiger charge is -2.10. The molecule has 0 aliphatic carbocycles. The van der Waals surface area contributed by atoms with Crippen molar-refractivity contribution < 1.29 is 9.53 Å². The molecule has 0 saturated heterocycles. The number of hydrogen-bond donors (Lipinski definition) is 1. The Morgan fingerprint density at radius 2 is 2.12 bits per heavy atom. The van der Waals surface area contributed by atoms with Gasteiger partial charge in [0.15, 0.2) is 0 Å². The second kappa shape index (κ2) is 8.09. The Morgan fingerprint density at radius 1 is 1.41 bits per heavy atom. The molecule has 0 aromatic heterocycles. The first-order valence-electron chi connectivity index (χ1n) is 5.80. The second-order valence-corrected chi connectivity index (χ2v) is 4.05. The second-order valence-electron chi connectivity index (χ2n) is 3.61. The number of benzene rings is 1. The Labute approximate surface area is 107 Å². The average molecular weight is 256 g/mol. The van der Waals surface area contributed by atoms with Crippen LogP contribution in [0.5, 0.6) is 0 Å². The number of rotatable bonds is 7. The van der Waals surface area contributed by atoms with Gasteiger partial charge in [-0.15, -0.1) is 11.6 Å². The average Bonchev–Trinajstić information content (AvgIpc) is 2.38. The molecule has 0 saturated carbocycles. The maximum Gasteiger partial charge on any atom is 0.242 e. The van der Waals surface area contributed by atoms with Gasteiger partial charge >= 0.3 is 0 Å². The van der Waals surface area contributed by atoms with Gasteiger partial charge in [-0.2, -0.15) is 0 Å². The van der Waals surface area contributed by atoms with Crippen LogP contribution in [0.1, 0.15) is 24.3 Å². The standard InChI is InChI=1S/C13H18ClNO2/c1-2-17-10-6-9-15-13(16)12(14)11-7-4-3-5-8-11/h3-5,7-8,12H,2,6,9-10H2,1H3,(H,15,16). The zero-order valence-corrected chi connectivity index (χ0v) is 10.7. The minimum atomic E-state index is -0.622. The summed E-state index contributed by atoms with van der Waals surface area (Å²) in [6.07, 6.45) is 0.804. The van der Waals surface area contributed by atoms with Crippen LogP contribution in [-0.4, -0.2) is 25.7 Å². The van der Waals surface area contributed by atoms with Gasteiger partial charge in [-0.1, -0.05) is 30.3 Å². The molecule has 0 fully saturated rings. The van der Waals surface area contributed by atoms with E-state index in [1.807, 2.05) is 37.3 Å². The van der Waals surface area contributed by atoms with E-state index in [1.54, 1.807) is 0 Å². The smallest absolute Gasteiger partial charge is 0.242 e. The monoisotopic (exact) mass is 255 g/mol. The zero-order valence-electron chi connectivity index (χ0n) is 9.99. The molecule has 0 aliphatic rings. The van der Waals surface area contributed by atoms with Crippen molar-refractivity contribution in [3.8, 4) is 0 Å². The predicted octanol–water partition coefficient (Wildman–Crippen LogP) is 2.51. The normalized spacial score (nSPS) is 12.1. The molecule has 94 valence electrons. The summed E-state index contributed by atoms with van der Waals surface area (Å²) in [5.74, 6) is -0.158. The Kier molecular flexibility index (Phi) is 6.67. The first-order chi connectivity index (χ1) is 8.25. The molecule has 1 N–H and O–H groups in total. The van der Waals surface area contributed by atoms with E-state index >= 15 is 0 Å². The third-order valence-corrected chi connectivity index (χ3v) is 2.74. The minimum Gasteiger partial charge on any atom is -0.382 e. The fourth-order valence-corrected chi connectivity index (χ4v) is 1.62. The van der Waals surface area contributed by atoms with Crippen molar-refractivity contribution in [1.29, 1.82) is 0 Å². The highest BCUT2D eigenvalue weighted by Crippen LogP contribution is 2.19. The molecule has 0 heterocycles. The van der Waals surface area contributed by atoms with Crippen molar-refractivity contribution in [3.63, 3.8) is 0 Å². The van der Waals surface area contributed by atoms with Gasteiger partial charge in [0.1, 0.15) is 5.38 Å². The summed E-state index contributed by atoms with van der Waals surface area (Å²) in [6, 6.07) is 9.32. The van der Waals surface area contributed by atoms with Crippen LogP contribution < -0.4 is 5.32 Å². The highest BCUT2D eigenvalue weighted by atomic mass is 35.5. The number of amides is 1. The number of ether oxygens (including phenoxy) is 1. The van der Waals surface area contributed by atoms with Crippen LogP contribution >= 0.6 is 11.6 Å². The Morgan fingerprint density at radius 3 is 2.76 bits per heavy atom. The van der Waals surface area contributed by atoms with Crippen LogP contribution in [-0.2, 0) is 9.53 Å². The molecule has 1 atom stereocenters. The molecule has 17 heavy (non-hydrogen) atoms. The molecule has 0 radical (unpaired) electrons. The molecule has 1 aromatic carbocycles. The Hall–Kier alpha value is -1.06. The lowest BCUT2D eigenvalue weighted by molar-refractivity contribution is -0.120. The number of hydrogen-bond acceptors (Lipinski definition) is 2. The van der Waals surface area contributed by atoms with Gasteiger partial charge in [0.2, 0.25) is 5.91 Å². The quantitative estimate of drug-likeness (QED) is 0.601. The number of alkyl halides is 1. The van der Waals surface area contributed by atoms with E-state index in [9.17, 15) is 4.79 Å². The van der Waals surface area contributed by atoms with E-state index in [-0.39, 0.29) is 5.91 Å². The van der Waals surface area contributed by atoms with E-state index in [0.717, 1.165) is 12.0 Å². The molecule has 0 bridgehead atoms. The van der Waals surface area contributed by atoms with Crippen molar-refractivity contribution in [2.24, 2.45) is 0 Å². The van der Waals surface area contributed by atoms with Gasteiger partial charge in [0.25, 0.3) is 0 Å². The number of carbonyl (C=O) groups is 1. The van der Waals surface area contributed by atoms with E-state index in [0.29, 0.717) is 19.8 Å². The van der Waals surface area contributed by atoms with Crippen LogP contribution in [0.25, 0.3) is 0 Å². The van der Waals surface area contributed by atoms with E-state index in [1.165, 1.54) is 0 Å². The molecule has 4 heteroatoms. The molecular formula is C13H18ClNO2. The third kappa shape index (κ3) is 5.20.